The predicted octanol–water partition coefficient (Wildman–Crippen LogP) is 2.16. The highest BCUT2D eigenvalue weighted by atomic mass is 79.9. The van der Waals surface area contributed by atoms with Crippen molar-refractivity contribution in [3.8, 4) is 0 Å². The lowest BCUT2D eigenvalue weighted by Crippen LogP contribution is -2.40. The molecule has 0 radical (unpaired) electrons. The zero-order valence-corrected chi connectivity index (χ0v) is 14.3. The van der Waals surface area contributed by atoms with Gasteiger partial charge in [0.15, 0.2) is 5.78 Å². The Kier molecular flexibility index (Phi) is 5.11. The molecule has 0 saturated heterocycles. The predicted molar refractivity (Wildman–Crippen MR) is 82.2 cm³/mol. The second-order valence-corrected chi connectivity index (χ2v) is 7.72. The number of nitrogens with zero attached hydrogens (tertiary/aromatic N) is 1. The van der Waals surface area contributed by atoms with Crippen molar-refractivity contribution in [3.63, 3.8) is 0 Å². The summed E-state index contributed by atoms with van der Waals surface area (Å²) in [6.07, 6.45) is -4.49. The first-order valence-corrected chi connectivity index (χ1v) is 9.08. The van der Waals surface area contributed by atoms with Crippen molar-refractivity contribution in [2.75, 3.05) is 0 Å². The van der Waals surface area contributed by atoms with Gasteiger partial charge in [-0.1, -0.05) is 28.1 Å². The van der Waals surface area contributed by atoms with Crippen molar-refractivity contribution in [3.05, 3.63) is 46.5 Å². The first-order valence-electron chi connectivity index (χ1n) is 5.82. The molecule has 1 heterocycles. The number of carbonyl (C=O) groups excluding carboxylic acids is 1. The minimum atomic E-state index is -4.49. The molecule has 1 aromatic rings. The van der Waals surface area contributed by atoms with Crippen molar-refractivity contribution >= 4 is 43.9 Å². The summed E-state index contributed by atoms with van der Waals surface area (Å²) in [6, 6.07) is 3.71. The number of allylic oxidation sites excluding steroid dienone is 1. The van der Waals surface area contributed by atoms with Gasteiger partial charge in [-0.25, -0.2) is 5.14 Å². The number of hydrogen-bond donors (Lipinski definition) is 2. The highest BCUT2D eigenvalue weighted by molar-refractivity contribution is 9.10. The average Bonchev–Trinajstić information content (AvgIpc) is 2.95. The van der Waals surface area contributed by atoms with E-state index in [1.807, 2.05) is 0 Å². The molecule has 23 heavy (non-hydrogen) atoms. The minimum absolute atomic E-state index is 0.0432. The molecule has 0 aliphatic carbocycles. The third-order valence-electron chi connectivity index (χ3n) is 2.73. The normalized spacial score (nSPS) is 17.5. The van der Waals surface area contributed by atoms with Crippen molar-refractivity contribution in [2.45, 2.75) is 11.0 Å². The summed E-state index contributed by atoms with van der Waals surface area (Å²) in [7, 11) is -4.01. The van der Waals surface area contributed by atoms with Crippen LogP contribution >= 0.6 is 27.9 Å². The monoisotopic (exact) mass is 431 g/mol. The number of nitrogens with one attached hydrogen (secondary N) is 1. The first-order chi connectivity index (χ1) is 10.5. The van der Waals surface area contributed by atoms with Crippen LogP contribution in [0.25, 0.3) is 0 Å². The number of nitrogens with two attached hydrogens (primary N) is 1. The van der Waals surface area contributed by atoms with Crippen molar-refractivity contribution in [2.24, 2.45) is 5.14 Å². The summed E-state index contributed by atoms with van der Waals surface area (Å²) in [5.74, 6) is -0.533. The fraction of sp³-hybridized carbons (Fsp3) is 0.182. The second-order valence-electron chi connectivity index (χ2n) is 4.36. The first kappa shape index (κ1) is 18.3. The Morgan fingerprint density at radius 1 is 1.30 bits per heavy atom. The lowest BCUT2D eigenvalue weighted by atomic mass is 10.0. The minimum Gasteiger partial charge on any atom is -0.296 e. The summed E-state index contributed by atoms with van der Waals surface area (Å²) >= 11 is 3.80. The van der Waals surface area contributed by atoms with Gasteiger partial charge < -0.3 is 0 Å². The van der Waals surface area contributed by atoms with Crippen LogP contribution in [0.2, 0.25) is 0 Å². The number of Topliss-reactive ketones (excluding diaryl/α,β-unsaturated/α-hetero) is 1. The Balaban J connectivity index is 2.12. The van der Waals surface area contributed by atoms with Gasteiger partial charge in [-0.2, -0.15) is 21.6 Å². The van der Waals surface area contributed by atoms with Gasteiger partial charge in [0.1, 0.15) is 4.83 Å². The third-order valence-corrected chi connectivity index (χ3v) is 5.71. The molecule has 1 aliphatic rings. The highest BCUT2D eigenvalue weighted by Crippen LogP contribution is 2.31. The van der Waals surface area contributed by atoms with Gasteiger partial charge in [0.2, 0.25) is 0 Å². The summed E-state index contributed by atoms with van der Waals surface area (Å²) in [5, 5.41) is 6.28. The van der Waals surface area contributed by atoms with Gasteiger partial charge in [0.05, 0.1) is 11.3 Å². The van der Waals surface area contributed by atoms with Crippen LogP contribution < -0.4 is 10.6 Å². The van der Waals surface area contributed by atoms with Crippen LogP contribution in [0.5, 0.6) is 0 Å². The number of hydrazine groups is 1. The summed E-state index contributed by atoms with van der Waals surface area (Å²) in [4.78, 5) is 11.3. The molecule has 2 rings (SSSR count). The molecule has 0 aromatic heterocycles. The fourth-order valence-corrected chi connectivity index (χ4v) is 3.69. The molecule has 0 saturated carbocycles. The topological polar surface area (TPSA) is 92.5 Å². The van der Waals surface area contributed by atoms with Crippen LogP contribution in [0.3, 0.4) is 0 Å². The van der Waals surface area contributed by atoms with Crippen molar-refractivity contribution < 1.29 is 26.4 Å². The van der Waals surface area contributed by atoms with Gasteiger partial charge in [-0.05, 0) is 27.9 Å². The van der Waals surface area contributed by atoms with E-state index in [1.54, 1.807) is 0 Å². The number of alkyl halides is 4. The molecular formula is C11H9BrF3N3O3S2. The Morgan fingerprint density at radius 3 is 2.30 bits per heavy atom. The molecule has 0 fully saturated rings. The van der Waals surface area contributed by atoms with Gasteiger partial charge in [-0.15, -0.1) is 0 Å². The maximum Gasteiger partial charge on any atom is 0.416 e. The Bertz CT molecular complexity index is 750. The van der Waals surface area contributed by atoms with E-state index in [4.69, 9.17) is 5.14 Å². The van der Waals surface area contributed by atoms with Gasteiger partial charge >= 0.3 is 16.4 Å². The Labute approximate surface area is 142 Å². The molecule has 1 aliphatic heterocycles. The van der Waals surface area contributed by atoms with Gasteiger partial charge in [-0.3, -0.25) is 10.2 Å². The molecular weight excluding hydrogens is 423 g/mol. The lowest BCUT2D eigenvalue weighted by molar-refractivity contribution is -0.137. The molecule has 12 heteroatoms. The van der Waals surface area contributed by atoms with E-state index in [-0.39, 0.29) is 11.3 Å². The van der Waals surface area contributed by atoms with Crippen molar-refractivity contribution in [1.29, 1.82) is 0 Å². The molecule has 1 atom stereocenters. The summed E-state index contributed by atoms with van der Waals surface area (Å²) in [5.41, 5.74) is 1.79. The number of ketones is 1. The molecule has 0 bridgehead atoms. The van der Waals surface area contributed by atoms with E-state index in [1.165, 1.54) is 5.41 Å². The zero-order chi connectivity index (χ0) is 17.4. The SMILES string of the molecule is NS(=O)(=O)N1NC(C(Br)C(=O)c2ccc(C(F)(F)F)cc2)=CS1. The van der Waals surface area contributed by atoms with E-state index in [0.717, 1.165) is 36.2 Å². The quantitative estimate of drug-likeness (QED) is 0.432. The van der Waals surface area contributed by atoms with Gasteiger partial charge in [0.25, 0.3) is 0 Å². The summed E-state index contributed by atoms with van der Waals surface area (Å²) < 4.78 is 60.4. The van der Waals surface area contributed by atoms with Crippen LogP contribution in [0, 0.1) is 0 Å². The number of halogens is 4. The van der Waals surface area contributed by atoms with Crippen LogP contribution in [-0.2, 0) is 16.4 Å². The van der Waals surface area contributed by atoms with Crippen LogP contribution in [0.15, 0.2) is 35.4 Å². The number of rotatable bonds is 4. The smallest absolute Gasteiger partial charge is 0.296 e. The molecule has 126 valence electrons. The Morgan fingerprint density at radius 2 is 1.87 bits per heavy atom. The molecule has 3 N–H and O–H groups in total. The third kappa shape index (κ3) is 4.26. The highest BCUT2D eigenvalue weighted by Gasteiger charge is 2.32. The average molecular weight is 432 g/mol. The molecule has 6 nitrogen and oxygen atoms in total. The van der Waals surface area contributed by atoms with Crippen LogP contribution in [-0.4, -0.2) is 22.8 Å². The summed E-state index contributed by atoms with van der Waals surface area (Å²) in [6.45, 7) is 0. The largest absolute Gasteiger partial charge is 0.416 e. The zero-order valence-electron chi connectivity index (χ0n) is 11.0. The van der Waals surface area contributed by atoms with E-state index in [9.17, 15) is 26.4 Å². The number of carbonyl (C=O) groups is 1. The maximum atomic E-state index is 12.5. The molecule has 0 spiro atoms. The second kappa shape index (κ2) is 6.43. The standard InChI is InChI=1S/C11H9BrF3N3O3S2/c12-9(8-5-22-18(17-8)23(16,20)21)10(19)6-1-3-7(4-2-6)11(13,14)15/h1-5,9,17H,(H2,16,20,21). The molecule has 1 unspecified atom stereocenters. The van der Waals surface area contributed by atoms with Crippen LogP contribution in [0.1, 0.15) is 15.9 Å². The van der Waals surface area contributed by atoms with E-state index < -0.39 is 32.6 Å². The van der Waals surface area contributed by atoms with E-state index in [0.29, 0.717) is 3.82 Å². The number of hydrogen-bond acceptors (Lipinski definition) is 5. The number of benzene rings is 1. The van der Waals surface area contributed by atoms with Crippen LogP contribution in [0.4, 0.5) is 13.2 Å². The van der Waals surface area contributed by atoms with Crippen molar-refractivity contribution in [1.82, 2.24) is 9.25 Å². The van der Waals surface area contributed by atoms with Gasteiger partial charge in [0, 0.05) is 11.0 Å². The van der Waals surface area contributed by atoms with E-state index >= 15 is 0 Å². The lowest BCUT2D eigenvalue weighted by Gasteiger charge is -2.16. The Hall–Kier alpha value is -1.08. The fourth-order valence-electron chi connectivity index (χ4n) is 1.61. The van der Waals surface area contributed by atoms with E-state index in [2.05, 4.69) is 21.4 Å². The molecule has 0 amide bonds. The maximum absolute atomic E-state index is 12.5. The molecule has 1 aromatic carbocycles.